The molecule has 0 spiro atoms. The van der Waals surface area contributed by atoms with E-state index in [0.717, 1.165) is 0 Å². The number of halogens is 3. The second kappa shape index (κ2) is 13.5. The minimum absolute atomic E-state index is 0.0192. The Morgan fingerprint density at radius 2 is 1.89 bits per heavy atom. The van der Waals surface area contributed by atoms with Gasteiger partial charge in [0, 0.05) is 31.6 Å². The Hall–Kier alpha value is -3.99. The fourth-order valence-electron chi connectivity index (χ4n) is 3.55. The Morgan fingerprint density at radius 3 is 2.66 bits per heavy atom. The Morgan fingerprint density at radius 1 is 1.11 bits per heavy atom. The van der Waals surface area contributed by atoms with Crippen LogP contribution in [0.15, 0.2) is 48.7 Å². The number of ether oxygens (including phenoxy) is 2. The van der Waals surface area contributed by atoms with Gasteiger partial charge in [0.2, 0.25) is 0 Å². The number of urea groups is 1. The third-order valence-corrected chi connectivity index (χ3v) is 6.06. The van der Waals surface area contributed by atoms with E-state index in [9.17, 15) is 23.2 Å². The van der Waals surface area contributed by atoms with Crippen molar-refractivity contribution in [1.29, 1.82) is 0 Å². The summed E-state index contributed by atoms with van der Waals surface area (Å²) in [5.41, 5.74) is 0.384. The lowest BCUT2D eigenvalue weighted by molar-refractivity contribution is -0.143. The quantitative estimate of drug-likeness (QED) is 0.334. The van der Waals surface area contributed by atoms with Crippen LogP contribution in [0.4, 0.5) is 24.2 Å². The van der Waals surface area contributed by atoms with Crippen LogP contribution in [-0.2, 0) is 20.8 Å². The van der Waals surface area contributed by atoms with Gasteiger partial charge in [0.05, 0.1) is 17.7 Å². The molecule has 0 aliphatic rings. The number of fused-ring (bicyclic) bond motifs is 1. The molecule has 3 rings (SSSR count). The minimum atomic E-state index is -0.852. The maximum Gasteiger partial charge on any atom is 0.412 e. The highest BCUT2D eigenvalue weighted by molar-refractivity contribution is 6.31. The van der Waals surface area contributed by atoms with E-state index < -0.39 is 35.8 Å². The SMILES string of the molecule is CCOC(=O)CC[C@@H](COC(=O)Nc1cc2cc(F)ccc2cn1)N(C)C(=O)NCc1cccc(F)c1Cl. The number of esters is 1. The van der Waals surface area contributed by atoms with Crippen LogP contribution in [0.2, 0.25) is 5.02 Å². The number of anilines is 1. The molecule has 38 heavy (non-hydrogen) atoms. The van der Waals surface area contributed by atoms with Crippen LogP contribution in [0, 0.1) is 11.6 Å². The van der Waals surface area contributed by atoms with Crippen molar-refractivity contribution in [2.45, 2.75) is 32.4 Å². The number of amides is 3. The first-order valence-electron chi connectivity index (χ1n) is 11.8. The number of carbonyl (C=O) groups excluding carboxylic acids is 3. The van der Waals surface area contributed by atoms with Crippen molar-refractivity contribution in [2.75, 3.05) is 25.6 Å². The summed E-state index contributed by atoms with van der Waals surface area (Å²) in [5.74, 6) is -1.35. The predicted molar refractivity (Wildman–Crippen MR) is 138 cm³/mol. The first-order valence-corrected chi connectivity index (χ1v) is 12.1. The Bertz CT molecular complexity index is 1310. The van der Waals surface area contributed by atoms with E-state index in [-0.39, 0.29) is 43.4 Å². The molecule has 0 aliphatic heterocycles. The molecule has 1 heterocycles. The monoisotopic (exact) mass is 548 g/mol. The first-order chi connectivity index (χ1) is 18.2. The lowest BCUT2D eigenvalue weighted by atomic mass is 10.1. The van der Waals surface area contributed by atoms with Crippen LogP contribution in [0.1, 0.15) is 25.3 Å². The zero-order valence-electron chi connectivity index (χ0n) is 20.8. The molecule has 0 saturated heterocycles. The van der Waals surface area contributed by atoms with Gasteiger partial charge in [-0.05, 0) is 54.6 Å². The van der Waals surface area contributed by atoms with Gasteiger partial charge in [0.25, 0.3) is 0 Å². The highest BCUT2D eigenvalue weighted by Crippen LogP contribution is 2.20. The smallest absolute Gasteiger partial charge is 0.412 e. The molecule has 0 radical (unpaired) electrons. The molecule has 202 valence electrons. The second-order valence-electron chi connectivity index (χ2n) is 8.26. The predicted octanol–water partition coefficient (Wildman–Crippen LogP) is 5.27. The largest absolute Gasteiger partial charge is 0.466 e. The molecule has 9 nitrogen and oxygen atoms in total. The van der Waals surface area contributed by atoms with Gasteiger partial charge in [-0.3, -0.25) is 10.1 Å². The lowest BCUT2D eigenvalue weighted by Crippen LogP contribution is -2.46. The van der Waals surface area contributed by atoms with Gasteiger partial charge in [0.1, 0.15) is 24.1 Å². The van der Waals surface area contributed by atoms with Crippen LogP contribution in [0.25, 0.3) is 10.8 Å². The van der Waals surface area contributed by atoms with Gasteiger partial charge < -0.3 is 19.7 Å². The summed E-state index contributed by atoms with van der Waals surface area (Å²) in [4.78, 5) is 42.5. The van der Waals surface area contributed by atoms with Gasteiger partial charge >= 0.3 is 18.1 Å². The van der Waals surface area contributed by atoms with E-state index in [1.54, 1.807) is 19.1 Å². The molecule has 1 aromatic heterocycles. The summed E-state index contributed by atoms with van der Waals surface area (Å²) in [5, 5.41) is 6.23. The summed E-state index contributed by atoms with van der Waals surface area (Å²) in [6.07, 6.45) is 0.753. The maximum atomic E-state index is 13.7. The fraction of sp³-hybridized carbons (Fsp3) is 0.308. The molecule has 0 saturated carbocycles. The number of hydrogen-bond acceptors (Lipinski definition) is 6. The lowest BCUT2D eigenvalue weighted by Gasteiger charge is -2.28. The summed E-state index contributed by atoms with van der Waals surface area (Å²) in [7, 11) is 1.47. The number of nitrogens with zero attached hydrogens (tertiary/aromatic N) is 2. The molecule has 3 aromatic rings. The zero-order chi connectivity index (χ0) is 27.7. The molecule has 0 fully saturated rings. The van der Waals surface area contributed by atoms with Crippen LogP contribution < -0.4 is 10.6 Å². The molecule has 12 heteroatoms. The Balaban J connectivity index is 1.62. The highest BCUT2D eigenvalue weighted by Gasteiger charge is 2.23. The molecule has 0 unspecified atom stereocenters. The zero-order valence-corrected chi connectivity index (χ0v) is 21.6. The fourth-order valence-corrected chi connectivity index (χ4v) is 3.74. The number of nitrogens with one attached hydrogen (secondary N) is 2. The van der Waals surface area contributed by atoms with E-state index >= 15 is 0 Å². The number of pyridine rings is 1. The van der Waals surface area contributed by atoms with Gasteiger partial charge in [-0.1, -0.05) is 23.7 Å². The topological polar surface area (TPSA) is 110 Å². The molecular formula is C26H27ClF2N4O5. The maximum absolute atomic E-state index is 13.7. The molecule has 1 atom stereocenters. The highest BCUT2D eigenvalue weighted by atomic mass is 35.5. The van der Waals surface area contributed by atoms with E-state index in [4.69, 9.17) is 21.1 Å². The average Bonchev–Trinajstić information content (AvgIpc) is 2.89. The molecule has 0 aliphatic carbocycles. The molecule has 2 aromatic carbocycles. The average molecular weight is 549 g/mol. The van der Waals surface area contributed by atoms with Crippen LogP contribution in [-0.4, -0.2) is 54.3 Å². The number of rotatable bonds is 10. The second-order valence-corrected chi connectivity index (χ2v) is 8.64. The summed E-state index contributed by atoms with van der Waals surface area (Å²) in [6.45, 7) is 1.59. The van der Waals surface area contributed by atoms with Crippen LogP contribution in [0.5, 0.6) is 0 Å². The van der Waals surface area contributed by atoms with Crippen molar-refractivity contribution < 1.29 is 32.6 Å². The van der Waals surface area contributed by atoms with Crippen molar-refractivity contribution >= 4 is 46.3 Å². The van der Waals surface area contributed by atoms with Gasteiger partial charge in [-0.2, -0.15) is 0 Å². The molecule has 3 amide bonds. The van der Waals surface area contributed by atoms with E-state index in [1.165, 1.54) is 48.5 Å². The van der Waals surface area contributed by atoms with E-state index in [0.29, 0.717) is 16.3 Å². The number of benzene rings is 2. The van der Waals surface area contributed by atoms with E-state index in [2.05, 4.69) is 15.6 Å². The van der Waals surface area contributed by atoms with Crippen molar-refractivity contribution in [3.63, 3.8) is 0 Å². The van der Waals surface area contributed by atoms with Crippen LogP contribution in [0.3, 0.4) is 0 Å². The third kappa shape index (κ3) is 8.01. The van der Waals surface area contributed by atoms with Crippen molar-refractivity contribution in [2.24, 2.45) is 0 Å². The first kappa shape index (κ1) is 28.6. The summed E-state index contributed by atoms with van der Waals surface area (Å²) in [6, 6.07) is 8.68. The summed E-state index contributed by atoms with van der Waals surface area (Å²) >= 11 is 5.94. The number of likely N-dealkylation sites (N-methyl/N-ethyl adjacent to an activating group) is 1. The molecule has 2 N–H and O–H groups in total. The van der Waals surface area contributed by atoms with Crippen molar-refractivity contribution in [3.8, 4) is 0 Å². The molecule has 0 bridgehead atoms. The summed E-state index contributed by atoms with van der Waals surface area (Å²) < 4.78 is 37.4. The van der Waals surface area contributed by atoms with E-state index in [1.807, 2.05) is 0 Å². The van der Waals surface area contributed by atoms with Crippen molar-refractivity contribution in [3.05, 3.63) is 70.9 Å². The van der Waals surface area contributed by atoms with Crippen molar-refractivity contribution in [1.82, 2.24) is 15.2 Å². The third-order valence-electron chi connectivity index (χ3n) is 5.64. The number of hydrogen-bond donors (Lipinski definition) is 2. The van der Waals surface area contributed by atoms with Gasteiger partial charge in [0.15, 0.2) is 0 Å². The Kier molecular flexibility index (Phi) is 10.2. The van der Waals surface area contributed by atoms with Crippen LogP contribution >= 0.6 is 11.6 Å². The Labute approximate surface area is 223 Å². The van der Waals surface area contributed by atoms with Gasteiger partial charge in [-0.15, -0.1) is 0 Å². The molecular weight excluding hydrogens is 522 g/mol. The number of aromatic nitrogens is 1. The van der Waals surface area contributed by atoms with Gasteiger partial charge in [-0.25, -0.2) is 23.4 Å². The minimum Gasteiger partial charge on any atom is -0.466 e. The standard InChI is InChI=1S/C26H27ClF2N4O5/c1-3-37-23(34)10-9-20(33(2)25(35)31-14-17-5-4-6-21(29)24(17)27)15-38-26(36)32-22-12-18-11-19(28)8-7-16(18)13-30-22/h4-8,11-13,20H,3,9-10,14-15H2,1-2H3,(H,31,35)(H,30,32,36)/t20-/m0/s1. The number of carbonyl (C=O) groups is 3. The normalized spacial score (nSPS) is 11.5.